The van der Waals surface area contributed by atoms with Crippen molar-refractivity contribution in [2.24, 2.45) is 4.99 Å². The first-order valence-corrected chi connectivity index (χ1v) is 8.52. The van der Waals surface area contributed by atoms with E-state index in [1.807, 2.05) is 24.5 Å². The number of aromatic nitrogens is 1. The number of hydrogen-bond acceptors (Lipinski definition) is 2. The second kappa shape index (κ2) is 10.7. The van der Waals surface area contributed by atoms with Gasteiger partial charge in [-0.1, -0.05) is 34.1 Å². The highest BCUT2D eigenvalue weighted by atomic mass is 127. The van der Waals surface area contributed by atoms with Crippen molar-refractivity contribution in [2.75, 3.05) is 13.6 Å². The Morgan fingerprint density at radius 2 is 2.04 bits per heavy atom. The molecule has 4 nitrogen and oxygen atoms in total. The summed E-state index contributed by atoms with van der Waals surface area (Å²) < 4.78 is 1.10. The lowest BCUT2D eigenvalue weighted by molar-refractivity contribution is 0.681. The minimum atomic E-state index is 0. The van der Waals surface area contributed by atoms with Crippen LogP contribution in [0.1, 0.15) is 29.7 Å². The maximum absolute atomic E-state index is 4.30. The third-order valence-electron chi connectivity index (χ3n) is 3.77. The summed E-state index contributed by atoms with van der Waals surface area (Å²) in [5.41, 5.74) is 3.74. The van der Waals surface area contributed by atoms with Crippen LogP contribution in [0, 0.1) is 6.92 Å². The largest absolute Gasteiger partial charge is 0.356 e. The predicted molar refractivity (Wildman–Crippen MR) is 115 cm³/mol. The molecule has 0 aliphatic carbocycles. The van der Waals surface area contributed by atoms with Crippen LogP contribution < -0.4 is 10.6 Å². The van der Waals surface area contributed by atoms with E-state index < -0.39 is 0 Å². The van der Waals surface area contributed by atoms with Crippen molar-refractivity contribution in [3.63, 3.8) is 0 Å². The molecule has 0 saturated heterocycles. The number of guanidine groups is 1. The third kappa shape index (κ3) is 6.05. The summed E-state index contributed by atoms with van der Waals surface area (Å²) in [6.07, 6.45) is 4.68. The number of rotatable bonds is 5. The number of nitrogens with one attached hydrogen (secondary N) is 2. The van der Waals surface area contributed by atoms with Crippen molar-refractivity contribution in [2.45, 2.75) is 26.3 Å². The molecule has 2 aromatic rings. The van der Waals surface area contributed by atoms with Crippen LogP contribution in [0.5, 0.6) is 0 Å². The molecule has 2 N–H and O–H groups in total. The van der Waals surface area contributed by atoms with Gasteiger partial charge in [0.1, 0.15) is 0 Å². The summed E-state index contributed by atoms with van der Waals surface area (Å²) in [5, 5.41) is 6.79. The maximum Gasteiger partial charge on any atom is 0.191 e. The van der Waals surface area contributed by atoms with E-state index in [4.69, 9.17) is 0 Å². The molecule has 0 aliphatic rings. The molecule has 0 spiro atoms. The summed E-state index contributed by atoms with van der Waals surface area (Å²) in [5.74, 6) is 0.806. The molecular formula is C18H24BrIN4. The van der Waals surface area contributed by atoms with Crippen LogP contribution in [0.3, 0.4) is 0 Å². The van der Waals surface area contributed by atoms with Gasteiger partial charge < -0.3 is 10.6 Å². The van der Waals surface area contributed by atoms with Crippen molar-refractivity contribution in [1.82, 2.24) is 15.6 Å². The van der Waals surface area contributed by atoms with Crippen LogP contribution in [-0.2, 0) is 6.42 Å². The average molecular weight is 503 g/mol. The number of hydrogen-bond donors (Lipinski definition) is 2. The van der Waals surface area contributed by atoms with Gasteiger partial charge in [-0.15, -0.1) is 24.0 Å². The third-order valence-corrected chi connectivity index (χ3v) is 4.49. The second-order valence-corrected chi connectivity index (χ2v) is 6.29. The Morgan fingerprint density at radius 3 is 2.71 bits per heavy atom. The highest BCUT2D eigenvalue weighted by Gasteiger charge is 2.10. The van der Waals surface area contributed by atoms with Crippen LogP contribution >= 0.6 is 39.9 Å². The standard InChI is InChI=1S/C18H23BrN4.HI/c1-13-12-21-10-8-15(13)9-11-22-18(20-3)23-14(2)16-6-4-5-7-17(16)19;/h4-8,10,12,14H,9,11H2,1-3H3,(H2,20,22,23);1H. The zero-order valence-electron chi connectivity index (χ0n) is 14.2. The molecule has 0 amide bonds. The smallest absolute Gasteiger partial charge is 0.191 e. The highest BCUT2D eigenvalue weighted by Crippen LogP contribution is 2.22. The molecule has 1 unspecified atom stereocenters. The summed E-state index contributed by atoms with van der Waals surface area (Å²) in [6.45, 7) is 5.04. The van der Waals surface area contributed by atoms with E-state index in [0.29, 0.717) is 0 Å². The van der Waals surface area contributed by atoms with Crippen LogP contribution in [0.2, 0.25) is 0 Å². The highest BCUT2D eigenvalue weighted by molar-refractivity contribution is 14.0. The lowest BCUT2D eigenvalue weighted by Crippen LogP contribution is -2.39. The van der Waals surface area contributed by atoms with Gasteiger partial charge >= 0.3 is 0 Å². The summed E-state index contributed by atoms with van der Waals surface area (Å²) >= 11 is 3.59. The van der Waals surface area contributed by atoms with Crippen molar-refractivity contribution in [3.05, 3.63) is 63.9 Å². The molecule has 130 valence electrons. The Morgan fingerprint density at radius 1 is 1.29 bits per heavy atom. The Hall–Kier alpha value is -1.15. The summed E-state index contributed by atoms with van der Waals surface area (Å²) in [4.78, 5) is 8.43. The topological polar surface area (TPSA) is 49.3 Å². The summed E-state index contributed by atoms with van der Waals surface area (Å²) in [6, 6.07) is 10.5. The summed E-state index contributed by atoms with van der Waals surface area (Å²) in [7, 11) is 1.79. The Kier molecular flexibility index (Phi) is 9.28. The van der Waals surface area contributed by atoms with Crippen molar-refractivity contribution >= 4 is 45.9 Å². The number of pyridine rings is 1. The quantitative estimate of drug-likeness (QED) is 0.365. The Bertz CT molecular complexity index is 676. The van der Waals surface area contributed by atoms with E-state index >= 15 is 0 Å². The van der Waals surface area contributed by atoms with E-state index in [1.165, 1.54) is 16.7 Å². The number of halogens is 2. The Balaban J connectivity index is 0.00000288. The van der Waals surface area contributed by atoms with Crippen LogP contribution in [0.25, 0.3) is 0 Å². The van der Waals surface area contributed by atoms with Crippen LogP contribution in [-0.4, -0.2) is 24.5 Å². The maximum atomic E-state index is 4.30. The van der Waals surface area contributed by atoms with Gasteiger partial charge in [-0.2, -0.15) is 0 Å². The minimum absolute atomic E-state index is 0. The molecule has 0 fully saturated rings. The van der Waals surface area contributed by atoms with Gasteiger partial charge in [0.2, 0.25) is 0 Å². The number of aliphatic imine (C=N–C) groups is 1. The first-order valence-electron chi connectivity index (χ1n) is 7.73. The molecule has 0 saturated carbocycles. The van der Waals surface area contributed by atoms with Crippen molar-refractivity contribution < 1.29 is 0 Å². The Labute approximate surface area is 169 Å². The van der Waals surface area contributed by atoms with Crippen molar-refractivity contribution in [3.8, 4) is 0 Å². The second-order valence-electron chi connectivity index (χ2n) is 5.44. The van der Waals surface area contributed by atoms with Gasteiger partial charge in [0.25, 0.3) is 0 Å². The van der Waals surface area contributed by atoms with E-state index in [-0.39, 0.29) is 30.0 Å². The van der Waals surface area contributed by atoms with Crippen molar-refractivity contribution in [1.29, 1.82) is 0 Å². The molecule has 1 heterocycles. The zero-order chi connectivity index (χ0) is 16.7. The monoisotopic (exact) mass is 502 g/mol. The molecule has 1 atom stereocenters. The average Bonchev–Trinajstić information content (AvgIpc) is 2.56. The molecule has 6 heteroatoms. The molecule has 1 aromatic heterocycles. The molecule has 0 bridgehead atoms. The fourth-order valence-electron chi connectivity index (χ4n) is 2.40. The number of benzene rings is 1. The first-order chi connectivity index (χ1) is 11.1. The van der Waals surface area contributed by atoms with Gasteiger partial charge in [0.15, 0.2) is 5.96 Å². The van der Waals surface area contributed by atoms with Crippen LogP contribution in [0.4, 0.5) is 0 Å². The number of nitrogens with zero attached hydrogens (tertiary/aromatic N) is 2. The predicted octanol–water partition coefficient (Wildman–Crippen LogP) is 4.24. The SMILES string of the molecule is CN=C(NCCc1ccncc1C)NC(C)c1ccccc1Br.I. The lowest BCUT2D eigenvalue weighted by Gasteiger charge is -2.19. The molecular weight excluding hydrogens is 479 g/mol. The van der Waals surface area contributed by atoms with E-state index in [2.05, 4.69) is 68.6 Å². The molecule has 2 rings (SSSR count). The lowest BCUT2D eigenvalue weighted by atomic mass is 10.1. The normalized spacial score (nSPS) is 12.2. The molecule has 0 aliphatic heterocycles. The molecule has 24 heavy (non-hydrogen) atoms. The van der Waals surface area contributed by atoms with E-state index in [1.54, 1.807) is 7.05 Å². The first kappa shape index (κ1) is 20.9. The molecule has 0 radical (unpaired) electrons. The zero-order valence-corrected chi connectivity index (χ0v) is 18.1. The number of aryl methyl sites for hydroxylation is 1. The van der Waals surface area contributed by atoms with Gasteiger partial charge in [0.05, 0.1) is 6.04 Å². The van der Waals surface area contributed by atoms with Gasteiger partial charge in [-0.05, 0) is 49.1 Å². The van der Waals surface area contributed by atoms with E-state index in [0.717, 1.165) is 23.4 Å². The van der Waals surface area contributed by atoms with E-state index in [9.17, 15) is 0 Å². The molecule has 1 aromatic carbocycles. The van der Waals surface area contributed by atoms with Crippen LogP contribution in [0.15, 0.2) is 52.2 Å². The fourth-order valence-corrected chi connectivity index (χ4v) is 3.03. The minimum Gasteiger partial charge on any atom is -0.356 e. The van der Waals surface area contributed by atoms with Gasteiger partial charge in [0, 0.05) is 30.5 Å². The van der Waals surface area contributed by atoms with Gasteiger partial charge in [-0.3, -0.25) is 9.98 Å². The van der Waals surface area contributed by atoms with Gasteiger partial charge in [-0.25, -0.2) is 0 Å². The fraction of sp³-hybridized carbons (Fsp3) is 0.333.